The number of carbonyl (C=O) groups excluding carboxylic acids is 1. The predicted molar refractivity (Wildman–Crippen MR) is 118 cm³/mol. The lowest BCUT2D eigenvalue weighted by Gasteiger charge is -2.36. The number of halogens is 1. The molecule has 1 saturated heterocycles. The van der Waals surface area contributed by atoms with Gasteiger partial charge in [0.05, 0.1) is 13.7 Å². The fraction of sp³-hybridized carbons (Fsp3) is 0.579. The van der Waals surface area contributed by atoms with Gasteiger partial charge in [0, 0.05) is 39.6 Å². The van der Waals surface area contributed by atoms with E-state index in [9.17, 15) is 4.79 Å². The van der Waals surface area contributed by atoms with Gasteiger partial charge in [-0.15, -0.1) is 24.0 Å². The molecule has 1 N–H and O–H groups in total. The van der Waals surface area contributed by atoms with Gasteiger partial charge in [-0.1, -0.05) is 12.1 Å². The molecule has 0 aromatic heterocycles. The van der Waals surface area contributed by atoms with Gasteiger partial charge < -0.3 is 24.6 Å². The summed E-state index contributed by atoms with van der Waals surface area (Å²) in [7, 11) is 1.63. The number of aliphatic imine (C=N–C) groups is 1. The van der Waals surface area contributed by atoms with E-state index in [1.54, 1.807) is 14.0 Å². The van der Waals surface area contributed by atoms with Crippen molar-refractivity contribution in [2.75, 3.05) is 46.4 Å². The van der Waals surface area contributed by atoms with Crippen molar-refractivity contribution < 1.29 is 14.3 Å². The molecule has 152 valence electrons. The molecule has 8 heteroatoms. The molecule has 1 aliphatic heterocycles. The minimum absolute atomic E-state index is 0. The van der Waals surface area contributed by atoms with Crippen LogP contribution in [0.15, 0.2) is 29.3 Å². The lowest BCUT2D eigenvalue weighted by molar-refractivity contribution is -0.130. The molecular weight excluding hydrogens is 459 g/mol. The number of amides is 1. The highest BCUT2D eigenvalue weighted by molar-refractivity contribution is 14.0. The zero-order valence-corrected chi connectivity index (χ0v) is 18.9. The van der Waals surface area contributed by atoms with Crippen LogP contribution in [0, 0.1) is 0 Å². The second-order valence-corrected chi connectivity index (χ2v) is 6.27. The summed E-state index contributed by atoms with van der Waals surface area (Å²) < 4.78 is 11.3. The second kappa shape index (κ2) is 11.9. The number of ether oxygens (including phenoxy) is 2. The van der Waals surface area contributed by atoms with Gasteiger partial charge in [0.1, 0.15) is 6.10 Å². The van der Waals surface area contributed by atoms with Gasteiger partial charge in [-0.25, -0.2) is 4.99 Å². The molecule has 1 atom stereocenters. The monoisotopic (exact) mass is 490 g/mol. The lowest BCUT2D eigenvalue weighted by Crippen LogP contribution is -2.53. The summed E-state index contributed by atoms with van der Waals surface area (Å²) in [6.07, 6.45) is -0.0848. The van der Waals surface area contributed by atoms with Gasteiger partial charge in [0.25, 0.3) is 0 Å². The minimum Gasteiger partial charge on any atom is -0.493 e. The summed E-state index contributed by atoms with van der Waals surface area (Å²) in [6, 6.07) is 7.61. The van der Waals surface area contributed by atoms with E-state index in [1.165, 1.54) is 0 Å². The topological polar surface area (TPSA) is 66.4 Å². The van der Waals surface area contributed by atoms with Crippen molar-refractivity contribution >= 4 is 35.8 Å². The summed E-state index contributed by atoms with van der Waals surface area (Å²) in [5.74, 6) is 2.44. The van der Waals surface area contributed by atoms with Crippen molar-refractivity contribution in [3.05, 3.63) is 24.3 Å². The quantitative estimate of drug-likeness (QED) is 0.377. The van der Waals surface area contributed by atoms with E-state index in [4.69, 9.17) is 14.5 Å². The van der Waals surface area contributed by atoms with E-state index in [0.29, 0.717) is 6.54 Å². The van der Waals surface area contributed by atoms with Crippen LogP contribution in [-0.2, 0) is 4.79 Å². The number of benzene rings is 1. The highest BCUT2D eigenvalue weighted by atomic mass is 127. The molecule has 1 fully saturated rings. The molecule has 1 aromatic rings. The molecule has 1 aromatic carbocycles. The first-order valence-electron chi connectivity index (χ1n) is 9.13. The largest absolute Gasteiger partial charge is 0.493 e. The SMILES string of the molecule is CCNC(=NCC(C)Oc1ccccc1OC)N1CCN(C(C)=O)CC1.I. The van der Waals surface area contributed by atoms with Crippen molar-refractivity contribution in [2.24, 2.45) is 4.99 Å². The van der Waals surface area contributed by atoms with E-state index in [0.717, 1.165) is 50.2 Å². The van der Waals surface area contributed by atoms with Gasteiger partial charge in [-0.05, 0) is 26.0 Å². The maximum atomic E-state index is 11.5. The molecule has 7 nitrogen and oxygen atoms in total. The van der Waals surface area contributed by atoms with Crippen LogP contribution in [0.3, 0.4) is 0 Å². The van der Waals surface area contributed by atoms with Crippen LogP contribution in [0.25, 0.3) is 0 Å². The maximum Gasteiger partial charge on any atom is 0.219 e. The molecule has 0 radical (unpaired) electrons. The van der Waals surface area contributed by atoms with E-state index >= 15 is 0 Å². The Bertz CT molecular complexity index is 619. The van der Waals surface area contributed by atoms with Crippen molar-refractivity contribution in [3.63, 3.8) is 0 Å². The number of guanidine groups is 1. The Hall–Kier alpha value is -1.71. The van der Waals surface area contributed by atoms with Gasteiger partial charge in [0.15, 0.2) is 17.5 Å². The highest BCUT2D eigenvalue weighted by Gasteiger charge is 2.21. The molecule has 1 unspecified atom stereocenters. The Labute approximate surface area is 179 Å². The normalized spacial score (nSPS) is 15.6. The van der Waals surface area contributed by atoms with Crippen molar-refractivity contribution in [3.8, 4) is 11.5 Å². The van der Waals surface area contributed by atoms with Crippen LogP contribution < -0.4 is 14.8 Å². The Morgan fingerprint density at radius 1 is 1.19 bits per heavy atom. The number of para-hydroxylation sites is 2. The fourth-order valence-electron chi connectivity index (χ4n) is 2.84. The van der Waals surface area contributed by atoms with Crippen LogP contribution in [-0.4, -0.2) is 74.1 Å². The highest BCUT2D eigenvalue weighted by Crippen LogP contribution is 2.26. The Kier molecular flexibility index (Phi) is 10.3. The molecular formula is C19H31IN4O3. The third kappa shape index (κ3) is 7.08. The van der Waals surface area contributed by atoms with E-state index in [2.05, 4.69) is 17.1 Å². The van der Waals surface area contributed by atoms with Crippen LogP contribution in [0.2, 0.25) is 0 Å². The molecule has 2 rings (SSSR count). The van der Waals surface area contributed by atoms with Gasteiger partial charge in [-0.2, -0.15) is 0 Å². The summed E-state index contributed by atoms with van der Waals surface area (Å²) in [5.41, 5.74) is 0. The van der Waals surface area contributed by atoms with E-state index in [1.807, 2.05) is 36.1 Å². The van der Waals surface area contributed by atoms with Crippen LogP contribution >= 0.6 is 24.0 Å². The number of methoxy groups -OCH3 is 1. The molecule has 0 spiro atoms. The standard InChI is InChI=1S/C19H30N4O3.HI/c1-5-20-19(23-12-10-22(11-13-23)16(3)24)21-14-15(2)26-18-9-7-6-8-17(18)25-4;/h6-9,15H,5,10-14H2,1-4H3,(H,20,21);1H. The number of nitrogens with zero attached hydrogens (tertiary/aromatic N) is 3. The molecule has 0 saturated carbocycles. The van der Waals surface area contributed by atoms with E-state index < -0.39 is 0 Å². The first kappa shape index (κ1) is 23.3. The van der Waals surface area contributed by atoms with Gasteiger partial charge in [0.2, 0.25) is 5.91 Å². The Morgan fingerprint density at radius 3 is 2.33 bits per heavy atom. The molecule has 0 bridgehead atoms. The number of nitrogens with one attached hydrogen (secondary N) is 1. The summed E-state index contributed by atoms with van der Waals surface area (Å²) in [5, 5.41) is 3.33. The lowest BCUT2D eigenvalue weighted by atomic mass is 10.3. The average Bonchev–Trinajstić information content (AvgIpc) is 2.65. The summed E-state index contributed by atoms with van der Waals surface area (Å²) >= 11 is 0. The molecule has 1 aliphatic rings. The summed E-state index contributed by atoms with van der Waals surface area (Å²) in [4.78, 5) is 20.3. The van der Waals surface area contributed by atoms with Gasteiger partial charge in [-0.3, -0.25) is 4.79 Å². The number of hydrogen-bond acceptors (Lipinski definition) is 4. The number of rotatable bonds is 6. The maximum absolute atomic E-state index is 11.5. The smallest absolute Gasteiger partial charge is 0.219 e. The molecule has 1 amide bonds. The average molecular weight is 490 g/mol. The van der Waals surface area contributed by atoms with E-state index in [-0.39, 0.29) is 36.0 Å². The summed E-state index contributed by atoms with van der Waals surface area (Å²) in [6.45, 7) is 10.0. The third-order valence-electron chi connectivity index (χ3n) is 4.25. The first-order chi connectivity index (χ1) is 12.5. The number of carbonyl (C=O) groups is 1. The van der Waals surface area contributed by atoms with Crippen LogP contribution in [0.1, 0.15) is 20.8 Å². The van der Waals surface area contributed by atoms with Crippen molar-refractivity contribution in [1.29, 1.82) is 0 Å². The molecule has 0 aliphatic carbocycles. The first-order valence-corrected chi connectivity index (χ1v) is 9.13. The predicted octanol–water partition coefficient (Wildman–Crippen LogP) is 2.21. The van der Waals surface area contributed by atoms with Gasteiger partial charge >= 0.3 is 0 Å². The second-order valence-electron chi connectivity index (χ2n) is 6.27. The molecule has 1 heterocycles. The Balaban J connectivity index is 0.00000364. The fourth-order valence-corrected chi connectivity index (χ4v) is 2.84. The number of hydrogen-bond donors (Lipinski definition) is 1. The van der Waals surface area contributed by atoms with Crippen molar-refractivity contribution in [1.82, 2.24) is 15.1 Å². The third-order valence-corrected chi connectivity index (χ3v) is 4.25. The van der Waals surface area contributed by atoms with Crippen LogP contribution in [0.4, 0.5) is 0 Å². The Morgan fingerprint density at radius 2 is 1.78 bits per heavy atom. The number of piperazine rings is 1. The zero-order chi connectivity index (χ0) is 18.9. The minimum atomic E-state index is -0.0848. The molecule has 27 heavy (non-hydrogen) atoms. The van der Waals surface area contributed by atoms with Crippen molar-refractivity contribution in [2.45, 2.75) is 26.9 Å². The van der Waals surface area contributed by atoms with Crippen LogP contribution in [0.5, 0.6) is 11.5 Å². The zero-order valence-electron chi connectivity index (χ0n) is 16.6.